The summed E-state index contributed by atoms with van der Waals surface area (Å²) >= 11 is 0. The Hall–Kier alpha value is -2.71. The van der Waals surface area contributed by atoms with E-state index in [1.165, 1.54) is 4.31 Å². The molecule has 2 aromatic rings. The van der Waals surface area contributed by atoms with E-state index in [1.807, 2.05) is 13.0 Å². The fraction of sp³-hybridized carbons (Fsp3) is 0.364. The molecule has 0 radical (unpaired) electrons. The summed E-state index contributed by atoms with van der Waals surface area (Å²) in [5.74, 6) is -0.668. The number of amides is 1. The standard InChI is InChI=1S/C22H26N2O5S/c1-4-24(5-2)30(27,28)17-12-10-16(11-13-17)15(3)23-21(25)14-20-18-8-6-7-9-19(18)22(26)29-20/h6-13,15,20H,4-5,14H2,1-3H3,(H,23,25)/t15-,20-/m0/s1. The Labute approximate surface area is 177 Å². The lowest BCUT2D eigenvalue weighted by Crippen LogP contribution is -2.30. The van der Waals surface area contributed by atoms with Crippen LogP contribution in [0.15, 0.2) is 53.4 Å². The van der Waals surface area contributed by atoms with E-state index in [0.29, 0.717) is 18.7 Å². The van der Waals surface area contributed by atoms with Gasteiger partial charge in [-0.3, -0.25) is 4.79 Å². The van der Waals surface area contributed by atoms with Gasteiger partial charge in [-0.15, -0.1) is 0 Å². The van der Waals surface area contributed by atoms with Gasteiger partial charge in [0.25, 0.3) is 0 Å². The van der Waals surface area contributed by atoms with Crippen LogP contribution in [-0.2, 0) is 19.6 Å². The van der Waals surface area contributed by atoms with Crippen LogP contribution in [0.2, 0.25) is 0 Å². The normalized spacial score (nSPS) is 16.8. The summed E-state index contributed by atoms with van der Waals surface area (Å²) in [6.45, 7) is 6.23. The number of nitrogens with one attached hydrogen (secondary N) is 1. The number of esters is 1. The molecular weight excluding hydrogens is 404 g/mol. The highest BCUT2D eigenvalue weighted by Gasteiger charge is 2.32. The lowest BCUT2D eigenvalue weighted by Gasteiger charge is -2.20. The summed E-state index contributed by atoms with van der Waals surface area (Å²) in [6, 6.07) is 13.2. The molecule has 1 amide bonds. The van der Waals surface area contributed by atoms with E-state index in [0.717, 1.165) is 11.1 Å². The molecule has 0 saturated heterocycles. The lowest BCUT2D eigenvalue weighted by atomic mass is 10.0. The highest BCUT2D eigenvalue weighted by molar-refractivity contribution is 7.89. The molecule has 2 atom stereocenters. The molecule has 1 N–H and O–H groups in total. The number of hydrogen-bond donors (Lipinski definition) is 1. The van der Waals surface area contributed by atoms with E-state index in [1.54, 1.807) is 56.3 Å². The molecule has 30 heavy (non-hydrogen) atoms. The van der Waals surface area contributed by atoms with Gasteiger partial charge in [0.05, 0.1) is 22.9 Å². The smallest absolute Gasteiger partial charge is 0.339 e. The van der Waals surface area contributed by atoms with E-state index in [-0.39, 0.29) is 23.3 Å². The van der Waals surface area contributed by atoms with E-state index >= 15 is 0 Å². The Morgan fingerprint density at radius 1 is 1.10 bits per heavy atom. The Morgan fingerprint density at radius 3 is 2.37 bits per heavy atom. The number of cyclic esters (lactones) is 1. The number of benzene rings is 2. The number of ether oxygens (including phenoxy) is 1. The minimum Gasteiger partial charge on any atom is -0.453 e. The van der Waals surface area contributed by atoms with Crippen LogP contribution in [0.1, 0.15) is 60.8 Å². The second-order valence-corrected chi connectivity index (χ2v) is 9.07. The lowest BCUT2D eigenvalue weighted by molar-refractivity contribution is -0.123. The molecule has 0 spiro atoms. The van der Waals surface area contributed by atoms with E-state index < -0.39 is 22.1 Å². The Bertz CT molecular complexity index is 1030. The summed E-state index contributed by atoms with van der Waals surface area (Å²) in [6.07, 6.45) is -0.566. The highest BCUT2D eigenvalue weighted by Crippen LogP contribution is 2.32. The largest absolute Gasteiger partial charge is 0.453 e. The fourth-order valence-corrected chi connectivity index (χ4v) is 5.02. The van der Waals surface area contributed by atoms with E-state index in [2.05, 4.69) is 5.32 Å². The first kappa shape index (κ1) is 22.0. The number of hydrogen-bond acceptors (Lipinski definition) is 5. The summed E-state index contributed by atoms with van der Waals surface area (Å²) in [5.41, 5.74) is 2.00. The van der Waals surface area contributed by atoms with E-state index in [4.69, 9.17) is 4.74 Å². The van der Waals surface area contributed by atoms with Crippen LogP contribution in [0.5, 0.6) is 0 Å². The molecule has 1 aliphatic rings. The van der Waals surface area contributed by atoms with Crippen LogP contribution in [-0.4, -0.2) is 37.7 Å². The monoisotopic (exact) mass is 430 g/mol. The van der Waals surface area contributed by atoms with Crippen molar-refractivity contribution in [1.82, 2.24) is 9.62 Å². The molecule has 0 aromatic heterocycles. The minimum atomic E-state index is -3.52. The maximum atomic E-state index is 12.6. The van der Waals surface area contributed by atoms with Crippen LogP contribution < -0.4 is 5.32 Å². The predicted molar refractivity (Wildman–Crippen MR) is 112 cm³/mol. The summed E-state index contributed by atoms with van der Waals surface area (Å²) < 4.78 is 31.9. The number of carbonyl (C=O) groups excluding carboxylic acids is 2. The molecule has 160 valence electrons. The maximum Gasteiger partial charge on any atom is 0.339 e. The summed E-state index contributed by atoms with van der Waals surface area (Å²) in [4.78, 5) is 24.6. The first-order valence-corrected chi connectivity index (χ1v) is 11.4. The van der Waals surface area contributed by atoms with Crippen molar-refractivity contribution in [2.45, 2.75) is 44.2 Å². The first-order chi connectivity index (χ1) is 14.3. The van der Waals surface area contributed by atoms with Crippen LogP contribution in [0.25, 0.3) is 0 Å². The van der Waals surface area contributed by atoms with Gasteiger partial charge in [-0.25, -0.2) is 13.2 Å². The molecule has 0 fully saturated rings. The number of carbonyl (C=O) groups is 2. The zero-order valence-corrected chi connectivity index (χ0v) is 18.1. The average molecular weight is 431 g/mol. The van der Waals surface area contributed by atoms with Crippen molar-refractivity contribution in [3.05, 3.63) is 65.2 Å². The predicted octanol–water partition coefficient (Wildman–Crippen LogP) is 3.20. The van der Waals surface area contributed by atoms with Gasteiger partial charge < -0.3 is 10.1 Å². The third kappa shape index (κ3) is 4.39. The van der Waals surface area contributed by atoms with Gasteiger partial charge in [-0.2, -0.15) is 4.31 Å². The number of sulfonamides is 1. The van der Waals surface area contributed by atoms with Crippen LogP contribution in [0.4, 0.5) is 0 Å². The van der Waals surface area contributed by atoms with Gasteiger partial charge in [0, 0.05) is 18.7 Å². The van der Waals surface area contributed by atoms with Crippen molar-refractivity contribution in [2.24, 2.45) is 0 Å². The zero-order chi connectivity index (χ0) is 21.9. The summed E-state index contributed by atoms with van der Waals surface area (Å²) in [7, 11) is -3.52. The quantitative estimate of drug-likeness (QED) is 0.649. The molecule has 7 nitrogen and oxygen atoms in total. The molecule has 0 unspecified atom stereocenters. The van der Waals surface area contributed by atoms with Crippen molar-refractivity contribution in [2.75, 3.05) is 13.1 Å². The molecular formula is C22H26N2O5S. The summed E-state index contributed by atoms with van der Waals surface area (Å²) in [5, 5.41) is 2.88. The molecule has 1 heterocycles. The van der Waals surface area contributed by atoms with Crippen molar-refractivity contribution < 1.29 is 22.7 Å². The number of rotatable bonds is 8. The van der Waals surface area contributed by atoms with Crippen molar-refractivity contribution in [3.8, 4) is 0 Å². The third-order valence-corrected chi connectivity index (χ3v) is 7.31. The number of nitrogens with zero attached hydrogens (tertiary/aromatic N) is 1. The molecule has 0 saturated carbocycles. The molecule has 0 bridgehead atoms. The Morgan fingerprint density at radius 2 is 1.73 bits per heavy atom. The zero-order valence-electron chi connectivity index (χ0n) is 17.3. The second kappa shape index (κ2) is 8.97. The molecule has 1 aliphatic heterocycles. The SMILES string of the molecule is CCN(CC)S(=O)(=O)c1ccc([C@H](C)NC(=O)C[C@@H]2OC(=O)c3ccccc32)cc1. The van der Waals surface area contributed by atoms with Gasteiger partial charge in [0.1, 0.15) is 6.10 Å². The second-order valence-electron chi connectivity index (χ2n) is 7.13. The highest BCUT2D eigenvalue weighted by atomic mass is 32.2. The minimum absolute atomic E-state index is 0.0293. The molecule has 0 aliphatic carbocycles. The Balaban J connectivity index is 1.64. The maximum absolute atomic E-state index is 12.6. The van der Waals surface area contributed by atoms with Crippen molar-refractivity contribution in [1.29, 1.82) is 0 Å². The number of fused-ring (bicyclic) bond motifs is 1. The fourth-order valence-electron chi connectivity index (χ4n) is 3.56. The van der Waals surface area contributed by atoms with Gasteiger partial charge in [0.15, 0.2) is 0 Å². The molecule has 2 aromatic carbocycles. The third-order valence-electron chi connectivity index (χ3n) is 5.25. The Kier molecular flexibility index (Phi) is 6.58. The van der Waals surface area contributed by atoms with Crippen molar-refractivity contribution >= 4 is 21.9 Å². The van der Waals surface area contributed by atoms with Gasteiger partial charge in [-0.1, -0.05) is 44.2 Å². The van der Waals surface area contributed by atoms with Crippen LogP contribution in [0.3, 0.4) is 0 Å². The van der Waals surface area contributed by atoms with E-state index in [9.17, 15) is 18.0 Å². The van der Waals surface area contributed by atoms with Crippen LogP contribution >= 0.6 is 0 Å². The topological polar surface area (TPSA) is 92.8 Å². The first-order valence-electron chi connectivity index (χ1n) is 9.97. The molecule has 3 rings (SSSR count). The van der Waals surface area contributed by atoms with Crippen molar-refractivity contribution in [3.63, 3.8) is 0 Å². The average Bonchev–Trinajstić information content (AvgIpc) is 3.04. The molecule has 8 heteroatoms. The van der Waals surface area contributed by atoms with Gasteiger partial charge in [-0.05, 0) is 30.7 Å². The van der Waals surface area contributed by atoms with Gasteiger partial charge in [0.2, 0.25) is 15.9 Å². The van der Waals surface area contributed by atoms with Gasteiger partial charge >= 0.3 is 5.97 Å². The van der Waals surface area contributed by atoms with Crippen LogP contribution in [0, 0.1) is 0 Å².